The van der Waals surface area contributed by atoms with Gasteiger partial charge in [0.25, 0.3) is 5.91 Å². The van der Waals surface area contributed by atoms with Crippen molar-refractivity contribution in [1.29, 1.82) is 0 Å². The zero-order valence-electron chi connectivity index (χ0n) is 13.6. The van der Waals surface area contributed by atoms with Gasteiger partial charge in [-0.3, -0.25) is 4.79 Å². The zero-order chi connectivity index (χ0) is 15.6. The number of para-hydroxylation sites is 1. The lowest BCUT2D eigenvalue weighted by atomic mass is 9.79. The topological polar surface area (TPSA) is 64.8 Å². The van der Waals surface area contributed by atoms with Crippen LogP contribution in [0.3, 0.4) is 0 Å². The van der Waals surface area contributed by atoms with Gasteiger partial charge in [0, 0.05) is 19.1 Å². The predicted molar refractivity (Wildman–Crippen MR) is 89.1 cm³/mol. The molecule has 5 nitrogen and oxygen atoms in total. The van der Waals surface area contributed by atoms with Gasteiger partial charge in [0.2, 0.25) is 0 Å². The molecule has 124 valence electrons. The third kappa shape index (κ3) is 3.47. The Morgan fingerprint density at radius 2 is 2.00 bits per heavy atom. The maximum absolute atomic E-state index is 12.8. The first-order valence-electron chi connectivity index (χ1n) is 7.16. The van der Waals surface area contributed by atoms with Crippen molar-refractivity contribution in [2.45, 2.75) is 26.3 Å². The van der Waals surface area contributed by atoms with Crippen molar-refractivity contribution in [2.24, 2.45) is 11.1 Å². The van der Waals surface area contributed by atoms with Crippen LogP contribution in [0, 0.1) is 5.41 Å². The minimum absolute atomic E-state index is 0. The van der Waals surface area contributed by atoms with Crippen molar-refractivity contribution in [2.75, 3.05) is 27.3 Å². The number of likely N-dealkylation sites (tertiary alicyclic amines) is 1. The first-order valence-corrected chi connectivity index (χ1v) is 7.16. The zero-order valence-corrected chi connectivity index (χ0v) is 14.4. The first kappa shape index (κ1) is 18.6. The van der Waals surface area contributed by atoms with Crippen LogP contribution in [0.2, 0.25) is 0 Å². The average Bonchev–Trinajstić information content (AvgIpc) is 2.48. The third-order valence-corrected chi connectivity index (χ3v) is 4.23. The predicted octanol–water partition coefficient (Wildman–Crippen LogP) is 2.33. The molecular formula is C16H25ClN2O3. The lowest BCUT2D eigenvalue weighted by Crippen LogP contribution is -2.54. The molecule has 1 fully saturated rings. The fourth-order valence-electron chi connectivity index (χ4n) is 2.77. The molecule has 22 heavy (non-hydrogen) atoms. The van der Waals surface area contributed by atoms with Crippen molar-refractivity contribution in [1.82, 2.24) is 4.90 Å². The minimum Gasteiger partial charge on any atom is -0.493 e. The highest BCUT2D eigenvalue weighted by Crippen LogP contribution is 2.34. The number of benzene rings is 1. The van der Waals surface area contributed by atoms with Crippen molar-refractivity contribution in [3.8, 4) is 11.5 Å². The highest BCUT2D eigenvalue weighted by Gasteiger charge is 2.36. The van der Waals surface area contributed by atoms with Gasteiger partial charge >= 0.3 is 0 Å². The summed E-state index contributed by atoms with van der Waals surface area (Å²) in [5, 5.41) is 0. The number of amides is 1. The van der Waals surface area contributed by atoms with Gasteiger partial charge in [-0.05, 0) is 24.0 Å². The number of nitrogens with zero attached hydrogens (tertiary/aromatic N) is 1. The lowest BCUT2D eigenvalue weighted by Gasteiger charge is -2.42. The average molecular weight is 329 g/mol. The molecule has 0 aromatic heterocycles. The number of halogens is 1. The van der Waals surface area contributed by atoms with E-state index in [0.29, 0.717) is 30.2 Å². The van der Waals surface area contributed by atoms with Crippen LogP contribution in [-0.4, -0.2) is 44.2 Å². The second-order valence-electron chi connectivity index (χ2n) is 6.15. The molecule has 0 bridgehead atoms. The molecule has 1 saturated heterocycles. The van der Waals surface area contributed by atoms with E-state index < -0.39 is 0 Å². The molecule has 0 aliphatic carbocycles. The Morgan fingerprint density at radius 3 is 2.55 bits per heavy atom. The molecule has 1 aliphatic heterocycles. The number of hydrogen-bond acceptors (Lipinski definition) is 4. The number of methoxy groups -OCH3 is 2. The maximum atomic E-state index is 12.8. The second-order valence-corrected chi connectivity index (χ2v) is 6.15. The molecule has 6 heteroatoms. The Balaban J connectivity index is 0.00000242. The molecule has 2 N–H and O–H groups in total. The SMILES string of the molecule is COc1cccc(C(=O)N2CCC(N)C(C)(C)C2)c1OC.Cl. The molecule has 0 saturated carbocycles. The molecule has 0 spiro atoms. The third-order valence-electron chi connectivity index (χ3n) is 4.23. The van der Waals surface area contributed by atoms with E-state index in [1.54, 1.807) is 32.4 Å². The smallest absolute Gasteiger partial charge is 0.257 e. The number of carbonyl (C=O) groups excluding carboxylic acids is 1. The van der Waals surface area contributed by atoms with Crippen LogP contribution < -0.4 is 15.2 Å². The minimum atomic E-state index is -0.0833. The van der Waals surface area contributed by atoms with E-state index in [0.717, 1.165) is 6.42 Å². The molecule has 1 amide bonds. The van der Waals surface area contributed by atoms with Gasteiger partial charge in [0.05, 0.1) is 19.8 Å². The quantitative estimate of drug-likeness (QED) is 0.925. The molecular weight excluding hydrogens is 304 g/mol. The van der Waals surface area contributed by atoms with Crippen LogP contribution in [-0.2, 0) is 0 Å². The molecule has 1 aliphatic rings. The van der Waals surface area contributed by atoms with E-state index in [1.807, 2.05) is 4.90 Å². The van der Waals surface area contributed by atoms with Crippen LogP contribution in [0.25, 0.3) is 0 Å². The van der Waals surface area contributed by atoms with E-state index in [-0.39, 0.29) is 29.8 Å². The number of ether oxygens (including phenoxy) is 2. The molecule has 1 aromatic rings. The highest BCUT2D eigenvalue weighted by atomic mass is 35.5. The summed E-state index contributed by atoms with van der Waals surface area (Å²) < 4.78 is 10.6. The fraction of sp³-hybridized carbons (Fsp3) is 0.562. The number of piperidine rings is 1. The largest absolute Gasteiger partial charge is 0.493 e. The molecule has 1 heterocycles. The van der Waals surface area contributed by atoms with Gasteiger partial charge in [-0.2, -0.15) is 0 Å². The summed E-state index contributed by atoms with van der Waals surface area (Å²) in [5.41, 5.74) is 6.58. The fourth-order valence-corrected chi connectivity index (χ4v) is 2.77. The van der Waals surface area contributed by atoms with Crippen LogP contribution in [0.1, 0.15) is 30.6 Å². The summed E-state index contributed by atoms with van der Waals surface area (Å²) in [4.78, 5) is 14.6. The Kier molecular flexibility index (Phi) is 6.08. The van der Waals surface area contributed by atoms with E-state index in [9.17, 15) is 4.79 Å². The normalized spacial score (nSPS) is 20.0. The van der Waals surface area contributed by atoms with Crippen molar-refractivity contribution < 1.29 is 14.3 Å². The van der Waals surface area contributed by atoms with E-state index in [1.165, 1.54) is 0 Å². The second kappa shape index (κ2) is 7.20. The summed E-state index contributed by atoms with van der Waals surface area (Å²) in [6.45, 7) is 5.51. The lowest BCUT2D eigenvalue weighted by molar-refractivity contribution is 0.0529. The molecule has 0 radical (unpaired) electrons. The van der Waals surface area contributed by atoms with Gasteiger partial charge in [0.15, 0.2) is 11.5 Å². The van der Waals surface area contributed by atoms with Crippen molar-refractivity contribution in [3.63, 3.8) is 0 Å². The summed E-state index contributed by atoms with van der Waals surface area (Å²) in [6, 6.07) is 5.47. The maximum Gasteiger partial charge on any atom is 0.257 e. The number of hydrogen-bond donors (Lipinski definition) is 1. The summed E-state index contributed by atoms with van der Waals surface area (Å²) in [7, 11) is 3.11. The Labute approximate surface area is 138 Å². The van der Waals surface area contributed by atoms with Crippen molar-refractivity contribution >= 4 is 18.3 Å². The molecule has 1 aromatic carbocycles. The Morgan fingerprint density at radius 1 is 1.32 bits per heavy atom. The highest BCUT2D eigenvalue weighted by molar-refractivity contribution is 5.98. The van der Waals surface area contributed by atoms with Crippen LogP contribution in [0.5, 0.6) is 11.5 Å². The molecule has 1 unspecified atom stereocenters. The molecule has 2 rings (SSSR count). The standard InChI is InChI=1S/C16H24N2O3.ClH/c1-16(2)10-18(9-8-13(16)17)15(19)11-6-5-7-12(20-3)14(11)21-4;/h5-7,13H,8-10,17H2,1-4H3;1H. The first-order chi connectivity index (χ1) is 9.90. The van der Waals surface area contributed by atoms with Gasteiger partial charge in [-0.1, -0.05) is 19.9 Å². The van der Waals surface area contributed by atoms with E-state index in [4.69, 9.17) is 15.2 Å². The van der Waals surface area contributed by atoms with E-state index >= 15 is 0 Å². The number of nitrogens with two attached hydrogens (primary N) is 1. The summed E-state index contributed by atoms with van der Waals surface area (Å²) in [6.07, 6.45) is 0.811. The van der Waals surface area contributed by atoms with Gasteiger partial charge in [-0.15, -0.1) is 12.4 Å². The van der Waals surface area contributed by atoms with Crippen molar-refractivity contribution in [3.05, 3.63) is 23.8 Å². The van der Waals surface area contributed by atoms with Gasteiger partial charge in [0.1, 0.15) is 0 Å². The number of carbonyl (C=O) groups is 1. The van der Waals surface area contributed by atoms with E-state index in [2.05, 4.69) is 13.8 Å². The Hall–Kier alpha value is -1.46. The Bertz CT molecular complexity index is 534. The summed E-state index contributed by atoms with van der Waals surface area (Å²) >= 11 is 0. The monoisotopic (exact) mass is 328 g/mol. The van der Waals surface area contributed by atoms with Crippen LogP contribution in [0.15, 0.2) is 18.2 Å². The van der Waals surface area contributed by atoms with Crippen LogP contribution in [0.4, 0.5) is 0 Å². The van der Waals surface area contributed by atoms with Crippen LogP contribution >= 0.6 is 12.4 Å². The molecule has 1 atom stereocenters. The van der Waals surface area contributed by atoms with Gasteiger partial charge < -0.3 is 20.1 Å². The van der Waals surface area contributed by atoms with Gasteiger partial charge in [-0.25, -0.2) is 0 Å². The number of rotatable bonds is 3. The summed E-state index contributed by atoms with van der Waals surface area (Å²) in [5.74, 6) is 1.01.